The Bertz CT molecular complexity index is 988. The predicted octanol–water partition coefficient (Wildman–Crippen LogP) is 2.91. The van der Waals surface area contributed by atoms with Gasteiger partial charge in [0.25, 0.3) is 0 Å². The van der Waals surface area contributed by atoms with Gasteiger partial charge in [0.15, 0.2) is 5.65 Å². The Labute approximate surface area is 127 Å². The van der Waals surface area contributed by atoms with Crippen molar-refractivity contribution in [2.75, 3.05) is 5.73 Å². The van der Waals surface area contributed by atoms with Crippen LogP contribution in [0.15, 0.2) is 30.6 Å². The van der Waals surface area contributed by atoms with Crippen molar-refractivity contribution in [1.29, 1.82) is 0 Å². The summed E-state index contributed by atoms with van der Waals surface area (Å²) in [7, 11) is 0. The highest BCUT2D eigenvalue weighted by atomic mass is 15.1. The molecule has 4 aromatic rings. The zero-order chi connectivity index (χ0) is 15.1. The normalized spacial score (nSPS) is 11.7. The third-order valence-corrected chi connectivity index (χ3v) is 3.89. The zero-order valence-corrected chi connectivity index (χ0v) is 12.3. The molecule has 0 bridgehead atoms. The van der Waals surface area contributed by atoms with E-state index in [1.54, 1.807) is 0 Å². The van der Waals surface area contributed by atoms with Crippen LogP contribution < -0.4 is 5.73 Å². The Morgan fingerprint density at radius 1 is 1.05 bits per heavy atom. The van der Waals surface area contributed by atoms with E-state index in [2.05, 4.69) is 21.5 Å². The summed E-state index contributed by atoms with van der Waals surface area (Å²) < 4.78 is 2.10. The first-order valence-corrected chi connectivity index (χ1v) is 7.44. The van der Waals surface area contributed by atoms with Gasteiger partial charge in [-0.05, 0) is 18.6 Å². The van der Waals surface area contributed by atoms with Gasteiger partial charge >= 0.3 is 0 Å². The number of nitrogens with two attached hydrogens (primary N) is 1. The van der Waals surface area contributed by atoms with Gasteiger partial charge in [-0.1, -0.05) is 25.5 Å². The van der Waals surface area contributed by atoms with Crippen LogP contribution in [0.2, 0.25) is 0 Å². The number of benzene rings is 1. The number of hydrogen-bond donors (Lipinski definition) is 1. The maximum Gasteiger partial charge on any atom is 0.161 e. The van der Waals surface area contributed by atoms with Gasteiger partial charge in [-0.25, -0.2) is 19.9 Å². The maximum atomic E-state index is 6.08. The topological polar surface area (TPSA) is 82.5 Å². The summed E-state index contributed by atoms with van der Waals surface area (Å²) in [4.78, 5) is 18.1. The molecule has 4 rings (SSSR count). The molecule has 0 aliphatic rings. The lowest BCUT2D eigenvalue weighted by Crippen LogP contribution is -2.01. The first kappa shape index (κ1) is 12.9. The molecule has 3 aromatic heterocycles. The molecule has 0 amide bonds. The smallest absolute Gasteiger partial charge is 0.161 e. The standard InChI is InChI=1S/C16H16N6/c1-2-3-8-22-15-12(14(17)18-9-19-15)13-16(22)21-11-7-5-4-6-10(11)20-13/h4-7,9H,2-3,8H2,1H3,(H2,17,18,19). The molecule has 0 aliphatic heterocycles. The maximum absolute atomic E-state index is 6.08. The van der Waals surface area contributed by atoms with Crippen LogP contribution in [0.25, 0.3) is 33.2 Å². The largest absolute Gasteiger partial charge is 0.383 e. The van der Waals surface area contributed by atoms with E-state index < -0.39 is 0 Å². The summed E-state index contributed by atoms with van der Waals surface area (Å²) in [6.45, 7) is 3.01. The average Bonchev–Trinajstić information content (AvgIpc) is 2.85. The minimum Gasteiger partial charge on any atom is -0.383 e. The SMILES string of the molecule is CCCCn1c2nc3ccccc3nc2c2c(N)ncnc21. The van der Waals surface area contributed by atoms with Crippen LogP contribution in [0.1, 0.15) is 19.8 Å². The molecule has 0 radical (unpaired) electrons. The van der Waals surface area contributed by atoms with Gasteiger partial charge < -0.3 is 10.3 Å². The Morgan fingerprint density at radius 2 is 1.82 bits per heavy atom. The summed E-state index contributed by atoms with van der Waals surface area (Å²) in [6.07, 6.45) is 3.65. The van der Waals surface area contributed by atoms with Crippen LogP contribution in [-0.2, 0) is 6.54 Å². The molecule has 0 saturated carbocycles. The highest BCUT2D eigenvalue weighted by Crippen LogP contribution is 2.29. The molecule has 0 spiro atoms. The van der Waals surface area contributed by atoms with E-state index in [-0.39, 0.29) is 0 Å². The number of fused-ring (bicyclic) bond motifs is 4. The summed E-state index contributed by atoms with van der Waals surface area (Å²) in [6, 6.07) is 7.85. The molecule has 0 saturated heterocycles. The molecule has 0 unspecified atom stereocenters. The fourth-order valence-corrected chi connectivity index (χ4v) is 2.80. The third-order valence-electron chi connectivity index (χ3n) is 3.89. The van der Waals surface area contributed by atoms with Gasteiger partial charge in [0, 0.05) is 6.54 Å². The van der Waals surface area contributed by atoms with E-state index in [9.17, 15) is 0 Å². The number of para-hydroxylation sites is 2. The molecule has 2 N–H and O–H groups in total. The van der Waals surface area contributed by atoms with Crippen LogP contribution in [0.3, 0.4) is 0 Å². The van der Waals surface area contributed by atoms with E-state index in [0.29, 0.717) is 5.82 Å². The van der Waals surface area contributed by atoms with Crippen molar-refractivity contribution in [2.24, 2.45) is 0 Å². The minimum atomic E-state index is 0.454. The van der Waals surface area contributed by atoms with Crippen LogP contribution in [-0.4, -0.2) is 24.5 Å². The number of unbranched alkanes of at least 4 members (excludes halogenated alkanes) is 1. The second-order valence-electron chi connectivity index (χ2n) is 5.35. The molecule has 110 valence electrons. The zero-order valence-electron chi connectivity index (χ0n) is 12.3. The lowest BCUT2D eigenvalue weighted by Gasteiger charge is -2.04. The highest BCUT2D eigenvalue weighted by Gasteiger charge is 2.17. The van der Waals surface area contributed by atoms with E-state index in [4.69, 9.17) is 15.7 Å². The van der Waals surface area contributed by atoms with Crippen molar-refractivity contribution in [1.82, 2.24) is 24.5 Å². The van der Waals surface area contributed by atoms with Crippen LogP contribution in [0, 0.1) is 0 Å². The minimum absolute atomic E-state index is 0.454. The van der Waals surface area contributed by atoms with Crippen molar-refractivity contribution in [3.05, 3.63) is 30.6 Å². The molecule has 0 atom stereocenters. The summed E-state index contributed by atoms with van der Waals surface area (Å²) in [5, 5.41) is 0.798. The Morgan fingerprint density at radius 3 is 2.59 bits per heavy atom. The second kappa shape index (κ2) is 4.91. The molecular weight excluding hydrogens is 276 g/mol. The number of anilines is 1. The number of nitrogen functional groups attached to an aromatic ring is 1. The van der Waals surface area contributed by atoms with Gasteiger partial charge in [0.1, 0.15) is 23.3 Å². The summed E-state index contributed by atoms with van der Waals surface area (Å²) in [5.41, 5.74) is 10.2. The predicted molar refractivity (Wildman–Crippen MR) is 87.5 cm³/mol. The first-order valence-electron chi connectivity index (χ1n) is 7.44. The molecule has 6 nitrogen and oxygen atoms in total. The Hall–Kier alpha value is -2.76. The van der Waals surface area contributed by atoms with E-state index in [1.807, 2.05) is 24.3 Å². The van der Waals surface area contributed by atoms with E-state index >= 15 is 0 Å². The summed E-state index contributed by atoms with van der Waals surface area (Å²) >= 11 is 0. The fourth-order valence-electron chi connectivity index (χ4n) is 2.80. The van der Waals surface area contributed by atoms with Crippen molar-refractivity contribution in [3.8, 4) is 0 Å². The number of aryl methyl sites for hydroxylation is 1. The molecule has 0 fully saturated rings. The lowest BCUT2D eigenvalue weighted by molar-refractivity contribution is 0.657. The quantitative estimate of drug-likeness (QED) is 0.627. The highest BCUT2D eigenvalue weighted by molar-refractivity contribution is 6.09. The third kappa shape index (κ3) is 1.80. The molecule has 3 heterocycles. The van der Waals surface area contributed by atoms with Crippen molar-refractivity contribution in [2.45, 2.75) is 26.3 Å². The molecule has 6 heteroatoms. The van der Waals surface area contributed by atoms with Crippen molar-refractivity contribution >= 4 is 39.0 Å². The number of nitrogens with zero attached hydrogens (tertiary/aromatic N) is 5. The second-order valence-corrected chi connectivity index (χ2v) is 5.35. The van der Waals surface area contributed by atoms with Crippen LogP contribution >= 0.6 is 0 Å². The average molecular weight is 292 g/mol. The van der Waals surface area contributed by atoms with Gasteiger partial charge in [0.2, 0.25) is 0 Å². The Balaban J connectivity index is 2.16. The van der Waals surface area contributed by atoms with E-state index in [0.717, 1.165) is 52.6 Å². The monoisotopic (exact) mass is 292 g/mol. The number of rotatable bonds is 3. The van der Waals surface area contributed by atoms with Crippen molar-refractivity contribution in [3.63, 3.8) is 0 Å². The van der Waals surface area contributed by atoms with Crippen LogP contribution in [0.4, 0.5) is 5.82 Å². The van der Waals surface area contributed by atoms with Gasteiger partial charge in [-0.3, -0.25) is 0 Å². The van der Waals surface area contributed by atoms with E-state index in [1.165, 1.54) is 6.33 Å². The van der Waals surface area contributed by atoms with Crippen LogP contribution in [0.5, 0.6) is 0 Å². The number of hydrogen-bond acceptors (Lipinski definition) is 5. The summed E-state index contributed by atoms with van der Waals surface area (Å²) in [5.74, 6) is 0.454. The van der Waals surface area contributed by atoms with Gasteiger partial charge in [-0.2, -0.15) is 0 Å². The van der Waals surface area contributed by atoms with Gasteiger partial charge in [-0.15, -0.1) is 0 Å². The Kier molecular flexibility index (Phi) is 2.89. The molecular formula is C16H16N6. The first-order chi connectivity index (χ1) is 10.8. The molecule has 22 heavy (non-hydrogen) atoms. The fraction of sp³-hybridized carbons (Fsp3) is 0.250. The molecule has 1 aromatic carbocycles. The lowest BCUT2D eigenvalue weighted by atomic mass is 10.3. The van der Waals surface area contributed by atoms with Crippen molar-refractivity contribution < 1.29 is 0 Å². The molecule has 0 aliphatic carbocycles. The number of aromatic nitrogens is 5. The van der Waals surface area contributed by atoms with Gasteiger partial charge in [0.05, 0.1) is 16.4 Å².